The molecule has 0 N–H and O–H groups in total. The molecule has 2 heteroatoms. The third-order valence-corrected chi connectivity index (χ3v) is 3.50. The van der Waals surface area contributed by atoms with Crippen molar-refractivity contribution in [1.82, 2.24) is 0 Å². The molecule has 0 fully saturated rings. The van der Waals surface area contributed by atoms with Crippen molar-refractivity contribution in [3.63, 3.8) is 0 Å². The Labute approximate surface area is 113 Å². The van der Waals surface area contributed by atoms with E-state index in [1.165, 1.54) is 31.2 Å². The first-order valence-corrected chi connectivity index (χ1v) is 7.21. The van der Waals surface area contributed by atoms with Gasteiger partial charge in [0.05, 0.1) is 0 Å². The summed E-state index contributed by atoms with van der Waals surface area (Å²) >= 11 is 3.00. The van der Waals surface area contributed by atoms with Crippen LogP contribution >= 0.6 is 15.9 Å². The molecule has 1 unspecified atom stereocenters. The number of hydrogen-bond acceptors (Lipinski definition) is 1. The summed E-state index contributed by atoms with van der Waals surface area (Å²) in [6.07, 6.45) is 6.26. The van der Waals surface area contributed by atoms with Crippen LogP contribution < -0.4 is 0 Å². The van der Waals surface area contributed by atoms with Gasteiger partial charge < -0.3 is 0 Å². The van der Waals surface area contributed by atoms with Gasteiger partial charge in [-0.05, 0) is 39.9 Å². The molecule has 0 radical (unpaired) electrons. The van der Waals surface area contributed by atoms with Crippen molar-refractivity contribution in [3.05, 3.63) is 35.4 Å². The van der Waals surface area contributed by atoms with Gasteiger partial charge in [0.25, 0.3) is 0 Å². The van der Waals surface area contributed by atoms with Crippen LogP contribution in [0, 0.1) is 5.92 Å². The molecule has 0 aliphatic rings. The van der Waals surface area contributed by atoms with Crippen molar-refractivity contribution < 1.29 is 4.79 Å². The minimum Gasteiger partial charge on any atom is -0.281 e. The lowest BCUT2D eigenvalue weighted by atomic mass is 9.95. The highest BCUT2D eigenvalue weighted by atomic mass is 79.9. The molecule has 1 aromatic rings. The number of rotatable bonds is 7. The molecular weight excluding hydrogens is 276 g/mol. The fourth-order valence-corrected chi connectivity index (χ4v) is 2.31. The minimum atomic E-state index is -0.0296. The SMILES string of the molecule is CCCCCC(C)Cc1cccc(C(=O)Br)c1. The van der Waals surface area contributed by atoms with Gasteiger partial charge in [-0.25, -0.2) is 0 Å². The van der Waals surface area contributed by atoms with Crippen LogP contribution in [0.25, 0.3) is 0 Å². The predicted molar refractivity (Wildman–Crippen MR) is 76.7 cm³/mol. The Kier molecular flexibility index (Phi) is 6.49. The standard InChI is InChI=1S/C15H21BrO/c1-3-4-5-7-12(2)10-13-8-6-9-14(11-13)15(16)17/h6,8-9,11-12H,3-5,7,10H2,1-2H3. The van der Waals surface area contributed by atoms with Gasteiger partial charge in [0.2, 0.25) is 4.69 Å². The Morgan fingerprint density at radius 1 is 1.35 bits per heavy atom. The van der Waals surface area contributed by atoms with Crippen molar-refractivity contribution in [2.75, 3.05) is 0 Å². The lowest BCUT2D eigenvalue weighted by molar-refractivity contribution is 0.109. The highest BCUT2D eigenvalue weighted by molar-refractivity contribution is 9.18. The summed E-state index contributed by atoms with van der Waals surface area (Å²) in [5, 5.41) is 0. The van der Waals surface area contributed by atoms with E-state index in [0.29, 0.717) is 5.92 Å². The maximum atomic E-state index is 11.2. The average Bonchev–Trinajstić information content (AvgIpc) is 2.29. The predicted octanol–water partition coefficient (Wildman–Crippen LogP) is 4.98. The highest BCUT2D eigenvalue weighted by Gasteiger charge is 2.06. The van der Waals surface area contributed by atoms with Crippen LogP contribution in [-0.2, 0) is 6.42 Å². The van der Waals surface area contributed by atoms with Crippen LogP contribution in [0.3, 0.4) is 0 Å². The first kappa shape index (κ1) is 14.4. The van der Waals surface area contributed by atoms with Gasteiger partial charge in [0.1, 0.15) is 0 Å². The summed E-state index contributed by atoms with van der Waals surface area (Å²) in [5.41, 5.74) is 2.02. The monoisotopic (exact) mass is 296 g/mol. The third kappa shape index (κ3) is 5.49. The van der Waals surface area contributed by atoms with Crippen molar-refractivity contribution in [2.24, 2.45) is 5.92 Å². The quantitative estimate of drug-likeness (QED) is 0.512. The number of halogens is 1. The number of unbranched alkanes of at least 4 members (excludes halogenated alkanes) is 2. The average molecular weight is 297 g/mol. The second-order valence-corrected chi connectivity index (χ2v) is 5.50. The Bertz CT molecular complexity index is 360. The van der Waals surface area contributed by atoms with E-state index < -0.39 is 0 Å². The van der Waals surface area contributed by atoms with Crippen LogP contribution in [-0.4, -0.2) is 4.69 Å². The van der Waals surface area contributed by atoms with Crippen molar-refractivity contribution in [1.29, 1.82) is 0 Å². The minimum absolute atomic E-state index is 0.0296. The molecule has 0 amide bonds. The summed E-state index contributed by atoms with van der Waals surface area (Å²) in [5.74, 6) is 0.697. The molecule has 0 aliphatic heterocycles. The van der Waals surface area contributed by atoms with Crippen LogP contribution in [0.1, 0.15) is 55.5 Å². The molecule has 0 bridgehead atoms. The Morgan fingerprint density at radius 2 is 2.12 bits per heavy atom. The normalized spacial score (nSPS) is 12.4. The van der Waals surface area contributed by atoms with Gasteiger partial charge >= 0.3 is 0 Å². The zero-order chi connectivity index (χ0) is 12.7. The van der Waals surface area contributed by atoms with Gasteiger partial charge in [-0.15, -0.1) is 0 Å². The molecule has 0 aromatic heterocycles. The molecule has 0 aliphatic carbocycles. The molecule has 94 valence electrons. The summed E-state index contributed by atoms with van der Waals surface area (Å²) in [4.78, 5) is 11.2. The lowest BCUT2D eigenvalue weighted by Gasteiger charge is -2.11. The molecule has 1 atom stereocenters. The molecule has 0 spiro atoms. The Hall–Kier alpha value is -0.630. The zero-order valence-corrected chi connectivity index (χ0v) is 12.3. The first-order chi connectivity index (χ1) is 8.13. The molecule has 0 saturated carbocycles. The molecule has 1 nitrogen and oxygen atoms in total. The summed E-state index contributed by atoms with van der Waals surface area (Å²) in [6, 6.07) is 7.91. The van der Waals surface area contributed by atoms with E-state index in [1.807, 2.05) is 18.2 Å². The van der Waals surface area contributed by atoms with E-state index in [1.54, 1.807) is 0 Å². The molecule has 0 saturated heterocycles. The van der Waals surface area contributed by atoms with Gasteiger partial charge in [-0.3, -0.25) is 4.79 Å². The zero-order valence-electron chi connectivity index (χ0n) is 10.7. The number of carbonyl (C=O) groups is 1. The van der Waals surface area contributed by atoms with Gasteiger partial charge in [0.15, 0.2) is 0 Å². The fraction of sp³-hybridized carbons (Fsp3) is 0.533. The van der Waals surface area contributed by atoms with E-state index in [4.69, 9.17) is 0 Å². The lowest BCUT2D eigenvalue weighted by Crippen LogP contribution is -2.01. The van der Waals surface area contributed by atoms with E-state index in [2.05, 4.69) is 35.8 Å². The molecule has 0 heterocycles. The molecule has 1 rings (SSSR count). The second kappa shape index (κ2) is 7.65. The van der Waals surface area contributed by atoms with E-state index in [-0.39, 0.29) is 4.69 Å². The van der Waals surface area contributed by atoms with Crippen molar-refractivity contribution >= 4 is 20.6 Å². The van der Waals surface area contributed by atoms with Crippen LogP contribution in [0.15, 0.2) is 24.3 Å². The molecule has 17 heavy (non-hydrogen) atoms. The van der Waals surface area contributed by atoms with Crippen molar-refractivity contribution in [2.45, 2.75) is 46.0 Å². The smallest absolute Gasteiger partial charge is 0.228 e. The molecule has 1 aromatic carbocycles. The third-order valence-electron chi connectivity index (χ3n) is 3.04. The Morgan fingerprint density at radius 3 is 2.76 bits per heavy atom. The topological polar surface area (TPSA) is 17.1 Å². The largest absolute Gasteiger partial charge is 0.281 e. The summed E-state index contributed by atoms with van der Waals surface area (Å²) in [7, 11) is 0. The van der Waals surface area contributed by atoms with Crippen LogP contribution in [0.2, 0.25) is 0 Å². The van der Waals surface area contributed by atoms with E-state index >= 15 is 0 Å². The van der Waals surface area contributed by atoms with Gasteiger partial charge in [-0.2, -0.15) is 0 Å². The highest BCUT2D eigenvalue weighted by Crippen LogP contribution is 2.17. The maximum Gasteiger partial charge on any atom is 0.228 e. The van der Waals surface area contributed by atoms with Crippen molar-refractivity contribution in [3.8, 4) is 0 Å². The summed E-state index contributed by atoms with van der Waals surface area (Å²) in [6.45, 7) is 4.52. The molecular formula is C15H21BrO. The van der Waals surface area contributed by atoms with Gasteiger partial charge in [0, 0.05) is 5.56 Å². The fourth-order valence-electron chi connectivity index (χ4n) is 2.07. The van der Waals surface area contributed by atoms with E-state index in [0.717, 1.165) is 12.0 Å². The number of benzene rings is 1. The van der Waals surface area contributed by atoms with Crippen LogP contribution in [0.4, 0.5) is 0 Å². The van der Waals surface area contributed by atoms with Gasteiger partial charge in [-0.1, -0.05) is 57.7 Å². The summed E-state index contributed by atoms with van der Waals surface area (Å²) < 4.78 is -0.0296. The van der Waals surface area contributed by atoms with Crippen LogP contribution in [0.5, 0.6) is 0 Å². The maximum absolute atomic E-state index is 11.2. The first-order valence-electron chi connectivity index (χ1n) is 6.42. The number of hydrogen-bond donors (Lipinski definition) is 0. The number of carbonyl (C=O) groups excluding carboxylic acids is 1. The Balaban J connectivity index is 2.50. The van der Waals surface area contributed by atoms with E-state index in [9.17, 15) is 4.79 Å². The second-order valence-electron chi connectivity index (χ2n) is 4.78.